The molecule has 0 amide bonds. The van der Waals surface area contributed by atoms with E-state index in [1.165, 1.54) is 7.11 Å². The lowest BCUT2D eigenvalue weighted by molar-refractivity contribution is -0.143. The Labute approximate surface area is 285 Å². The van der Waals surface area contributed by atoms with E-state index in [2.05, 4.69) is 28.8 Å². The van der Waals surface area contributed by atoms with Gasteiger partial charge < -0.3 is 34.7 Å². The summed E-state index contributed by atoms with van der Waals surface area (Å²) in [6.07, 6.45) is 12.2. The first kappa shape index (κ1) is 33.6. The number of esters is 2. The van der Waals surface area contributed by atoms with Gasteiger partial charge >= 0.3 is 11.9 Å². The van der Waals surface area contributed by atoms with Crippen molar-refractivity contribution >= 4 is 47.6 Å². The summed E-state index contributed by atoms with van der Waals surface area (Å²) in [5, 5.41) is 19.3. The molecular weight excluding hydrogens is 620 g/mol. The first-order valence-electron chi connectivity index (χ1n) is 16.8. The number of carbonyl (C=O) groups excluding carboxylic acids is 3. The molecule has 8 bridgehead atoms. The normalized spacial score (nSPS) is 23.4. The van der Waals surface area contributed by atoms with E-state index in [4.69, 9.17) is 9.47 Å². The molecule has 10 heteroatoms. The number of nitrogens with zero attached hydrogens (tertiary/aromatic N) is 1. The number of rotatable bonds is 8. The number of nitrogens with one attached hydrogen (secondary N) is 3. The third-order valence-electron chi connectivity index (χ3n) is 10.4. The van der Waals surface area contributed by atoms with Gasteiger partial charge in [0.25, 0.3) is 0 Å². The smallest absolute Gasteiger partial charge is 0.321 e. The highest BCUT2D eigenvalue weighted by Gasteiger charge is 2.48. The van der Waals surface area contributed by atoms with E-state index < -0.39 is 11.9 Å². The third kappa shape index (κ3) is 5.39. The van der Waals surface area contributed by atoms with Gasteiger partial charge in [-0.15, -0.1) is 0 Å². The number of fused-ring (bicyclic) bond motifs is 7. The van der Waals surface area contributed by atoms with Crippen molar-refractivity contribution in [1.29, 1.82) is 0 Å². The van der Waals surface area contributed by atoms with Crippen LogP contribution in [0.1, 0.15) is 94.6 Å². The second kappa shape index (κ2) is 13.0. The molecule has 1 aliphatic carbocycles. The van der Waals surface area contributed by atoms with Gasteiger partial charge in [0.15, 0.2) is 5.78 Å². The van der Waals surface area contributed by atoms with Crippen molar-refractivity contribution in [3.8, 4) is 0 Å². The van der Waals surface area contributed by atoms with Gasteiger partial charge in [0.1, 0.15) is 12.5 Å². The zero-order valence-electron chi connectivity index (χ0n) is 29.1. The maximum absolute atomic E-state index is 14.2. The van der Waals surface area contributed by atoms with E-state index in [0.29, 0.717) is 40.3 Å². The fourth-order valence-corrected chi connectivity index (χ4v) is 7.67. The molecule has 3 aliphatic rings. The average Bonchev–Trinajstić information content (AvgIpc) is 3.80. The zero-order chi connectivity index (χ0) is 35.3. The van der Waals surface area contributed by atoms with E-state index in [1.54, 1.807) is 12.2 Å². The largest absolute Gasteiger partial charge is 0.805 e. The van der Waals surface area contributed by atoms with Crippen LogP contribution in [0.5, 0.6) is 0 Å². The lowest BCUT2D eigenvalue weighted by atomic mass is 9.85. The summed E-state index contributed by atoms with van der Waals surface area (Å²) in [5.41, 5.74) is 8.88. The summed E-state index contributed by atoms with van der Waals surface area (Å²) < 4.78 is 11.5. The monoisotopic (exact) mass is 663 g/mol. The molecule has 0 unspecified atom stereocenters. The van der Waals surface area contributed by atoms with Crippen molar-refractivity contribution in [3.05, 3.63) is 102 Å². The van der Waals surface area contributed by atoms with Gasteiger partial charge in [-0.3, -0.25) is 14.4 Å². The highest BCUT2D eigenvalue weighted by molar-refractivity contribution is 6.24. The quantitative estimate of drug-likeness (QED) is 0.173. The lowest BCUT2D eigenvalue weighted by Gasteiger charge is -2.19. The van der Waals surface area contributed by atoms with Crippen molar-refractivity contribution in [2.24, 2.45) is 17.8 Å². The SMILES string of the molecule is C=Cc1c(C)c2n([O-])c1/C=c1\[nH]/c(c(CC)c1C)=C\c1[nH]c3c(c1C)C(=O)[C@H](C(=O)OC)/C3=C1/N/C(=C\2)[C@@H](C)[C@@H]1CCC(=O)OC/C=C\C. The Morgan fingerprint density at radius 3 is 2.49 bits per heavy atom. The fourth-order valence-electron chi connectivity index (χ4n) is 7.67. The topological polar surface area (TPSA) is 141 Å². The van der Waals surface area contributed by atoms with Gasteiger partial charge in [0.05, 0.1) is 12.8 Å². The molecular formula is C39H43N4O6-. The lowest BCUT2D eigenvalue weighted by Crippen LogP contribution is -2.25. The van der Waals surface area contributed by atoms with Crippen molar-refractivity contribution in [2.75, 3.05) is 13.7 Å². The first-order valence-corrected chi connectivity index (χ1v) is 16.8. The van der Waals surface area contributed by atoms with Crippen LogP contribution in [0.25, 0.3) is 29.9 Å². The van der Waals surface area contributed by atoms with Gasteiger partial charge in [-0.25, -0.2) is 0 Å². The van der Waals surface area contributed by atoms with Crippen LogP contribution in [0.3, 0.4) is 0 Å². The minimum absolute atomic E-state index is 0.121. The van der Waals surface area contributed by atoms with Crippen molar-refractivity contribution < 1.29 is 23.9 Å². The number of aromatic amines is 2. The summed E-state index contributed by atoms with van der Waals surface area (Å²) in [6, 6.07) is 0. The molecule has 0 saturated carbocycles. The molecule has 1 fully saturated rings. The maximum Gasteiger partial charge on any atom is 0.321 e. The number of ketones is 1. The number of carbonyl (C=O) groups is 3. The number of allylic oxidation sites excluding steroid dienone is 3. The van der Waals surface area contributed by atoms with Gasteiger partial charge in [0.2, 0.25) is 0 Å². The number of methoxy groups -OCH3 is 1. The molecule has 2 aliphatic heterocycles. The van der Waals surface area contributed by atoms with Crippen molar-refractivity contribution in [1.82, 2.24) is 20.0 Å². The number of aromatic nitrogens is 3. The predicted octanol–water partition coefficient (Wildman–Crippen LogP) is 5.08. The molecule has 3 aromatic rings. The fraction of sp³-hybridized carbons (Fsp3) is 0.359. The van der Waals surface area contributed by atoms with Gasteiger partial charge in [-0.1, -0.05) is 38.7 Å². The van der Waals surface area contributed by atoms with E-state index in [-0.39, 0.29) is 36.6 Å². The van der Waals surface area contributed by atoms with Crippen LogP contribution >= 0.6 is 0 Å². The maximum atomic E-state index is 14.2. The van der Waals surface area contributed by atoms with Crippen LogP contribution < -0.4 is 16.0 Å². The summed E-state index contributed by atoms with van der Waals surface area (Å²) in [7, 11) is 1.28. The van der Waals surface area contributed by atoms with Crippen molar-refractivity contribution in [3.63, 3.8) is 0 Å². The van der Waals surface area contributed by atoms with Gasteiger partial charge in [-0.2, -0.15) is 0 Å². The average molecular weight is 664 g/mol. The molecule has 256 valence electrons. The number of Topliss-reactive ketones (excluding diaryl/α,β-unsaturated/α-hetero) is 1. The van der Waals surface area contributed by atoms with Crippen LogP contribution in [0.2, 0.25) is 0 Å². The number of hydrogen-bond donors (Lipinski definition) is 3. The highest BCUT2D eigenvalue weighted by Crippen LogP contribution is 2.48. The van der Waals surface area contributed by atoms with Crippen LogP contribution in [0.15, 0.2) is 30.1 Å². The molecule has 1 saturated heterocycles. The Kier molecular flexibility index (Phi) is 8.92. The third-order valence-corrected chi connectivity index (χ3v) is 10.4. The molecule has 3 N–H and O–H groups in total. The van der Waals surface area contributed by atoms with E-state index >= 15 is 0 Å². The standard InChI is InChI=1S/C39H43N4O6/c1-9-12-15-49-32(44)14-13-25-20(5)28-17-30-21(6)24(11-3)31(43(30)47)18-27-19(4)23(10-2)29(40-27)16-26-22(7)33-37(42-26)34(36(25)41-28)35(38(33)45)39(46)48-8/h9,11-12,16-18,20,25,35,40-42H,3,10,13-15H2,1-2,4-8H3/q-1/b12-9-,27-18-,28-17-,29-16-,36-34-/t20-,25-,35+/m0/s1. The molecule has 5 heterocycles. The van der Waals surface area contributed by atoms with E-state index in [0.717, 1.165) is 61.1 Å². The number of hydrogen-bond acceptors (Lipinski definition) is 7. The van der Waals surface area contributed by atoms with Gasteiger partial charge in [0, 0.05) is 74.1 Å². The number of H-pyrrole nitrogens is 2. The summed E-state index contributed by atoms with van der Waals surface area (Å²) in [6.45, 7) is 16.0. The first-order chi connectivity index (χ1) is 23.5. The minimum atomic E-state index is -1.19. The summed E-state index contributed by atoms with van der Waals surface area (Å²) in [5.74, 6) is -3.07. The summed E-state index contributed by atoms with van der Waals surface area (Å²) >= 11 is 0. The van der Waals surface area contributed by atoms with Crippen LogP contribution in [-0.2, 0) is 25.5 Å². The molecule has 0 aromatic carbocycles. The van der Waals surface area contributed by atoms with Crippen LogP contribution in [0, 0.1) is 43.7 Å². The molecule has 0 radical (unpaired) electrons. The number of ether oxygens (including phenoxy) is 2. The van der Waals surface area contributed by atoms with Crippen LogP contribution in [-0.4, -0.2) is 46.1 Å². The Bertz CT molecular complexity index is 2130. The Morgan fingerprint density at radius 1 is 1.06 bits per heavy atom. The second-order valence-corrected chi connectivity index (χ2v) is 13.0. The molecule has 3 aromatic heterocycles. The summed E-state index contributed by atoms with van der Waals surface area (Å²) in [4.78, 5) is 47.4. The second-order valence-electron chi connectivity index (χ2n) is 13.0. The predicted molar refractivity (Wildman–Crippen MR) is 190 cm³/mol. The molecule has 10 nitrogen and oxygen atoms in total. The molecule has 6 rings (SSSR count). The highest BCUT2D eigenvalue weighted by atomic mass is 16.5. The zero-order valence-corrected chi connectivity index (χ0v) is 29.1. The van der Waals surface area contributed by atoms with Crippen LogP contribution in [0.4, 0.5) is 0 Å². The Morgan fingerprint density at radius 2 is 1.82 bits per heavy atom. The van der Waals surface area contributed by atoms with Crippen molar-refractivity contribution in [2.45, 2.75) is 60.8 Å². The minimum Gasteiger partial charge on any atom is -0.805 e. The Hall–Kier alpha value is -5.25. The molecule has 49 heavy (non-hydrogen) atoms. The van der Waals surface area contributed by atoms with E-state index in [1.807, 2.05) is 58.9 Å². The van der Waals surface area contributed by atoms with E-state index in [9.17, 15) is 19.6 Å². The molecule has 3 atom stereocenters. The van der Waals surface area contributed by atoms with Gasteiger partial charge in [-0.05, 0) is 81.0 Å². The molecule has 0 spiro atoms. The Balaban J connectivity index is 1.67.